The van der Waals surface area contributed by atoms with E-state index < -0.39 is 0 Å². The van der Waals surface area contributed by atoms with Crippen molar-refractivity contribution in [3.05, 3.63) is 53.1 Å². The van der Waals surface area contributed by atoms with Gasteiger partial charge < -0.3 is 11.1 Å². The van der Waals surface area contributed by atoms with Gasteiger partial charge in [0.05, 0.1) is 0 Å². The molecule has 0 aromatic heterocycles. The van der Waals surface area contributed by atoms with Crippen LogP contribution in [0, 0.1) is 20.8 Å². The Kier molecular flexibility index (Phi) is 3.05. The molecule has 0 atom stereocenters. The molecule has 0 unspecified atom stereocenters. The Morgan fingerprint density at radius 2 is 1.71 bits per heavy atom. The van der Waals surface area contributed by atoms with E-state index >= 15 is 0 Å². The Balaban J connectivity index is 2.38. The lowest BCUT2D eigenvalue weighted by Gasteiger charge is -2.13. The molecule has 0 aliphatic heterocycles. The van der Waals surface area contributed by atoms with Crippen molar-refractivity contribution in [3.63, 3.8) is 0 Å². The fourth-order valence-electron chi connectivity index (χ4n) is 1.80. The first-order chi connectivity index (χ1) is 8.08. The van der Waals surface area contributed by atoms with E-state index in [9.17, 15) is 0 Å². The summed E-state index contributed by atoms with van der Waals surface area (Å²) in [5, 5.41) is 3.44. The second-order valence-corrected chi connectivity index (χ2v) is 4.46. The summed E-state index contributed by atoms with van der Waals surface area (Å²) in [6, 6.07) is 12.3. The average Bonchev–Trinajstić information content (AvgIpc) is 2.30. The van der Waals surface area contributed by atoms with Crippen LogP contribution in [0.2, 0.25) is 0 Å². The number of anilines is 3. The van der Waals surface area contributed by atoms with Gasteiger partial charge in [0.15, 0.2) is 0 Å². The summed E-state index contributed by atoms with van der Waals surface area (Å²) < 4.78 is 0. The quantitative estimate of drug-likeness (QED) is 0.761. The van der Waals surface area contributed by atoms with E-state index in [1.807, 2.05) is 25.1 Å². The Hall–Kier alpha value is -1.96. The highest BCUT2D eigenvalue weighted by Gasteiger charge is 2.03. The zero-order valence-electron chi connectivity index (χ0n) is 10.5. The smallest absolute Gasteiger partial charge is 0.0434 e. The zero-order chi connectivity index (χ0) is 12.4. The van der Waals surface area contributed by atoms with E-state index in [-0.39, 0.29) is 0 Å². The SMILES string of the molecule is Cc1ccc(C)c(Nc2cccc(N)c2C)c1. The summed E-state index contributed by atoms with van der Waals surface area (Å²) >= 11 is 0. The summed E-state index contributed by atoms with van der Waals surface area (Å²) in [5.74, 6) is 0. The molecular formula is C15H18N2. The Morgan fingerprint density at radius 1 is 0.941 bits per heavy atom. The van der Waals surface area contributed by atoms with Gasteiger partial charge in [-0.05, 0) is 55.7 Å². The topological polar surface area (TPSA) is 38.0 Å². The highest BCUT2D eigenvalue weighted by molar-refractivity contribution is 5.70. The predicted molar refractivity (Wildman–Crippen MR) is 74.8 cm³/mol. The van der Waals surface area contributed by atoms with Crippen LogP contribution in [0.25, 0.3) is 0 Å². The summed E-state index contributed by atoms with van der Waals surface area (Å²) in [4.78, 5) is 0. The number of nitrogens with one attached hydrogen (secondary N) is 1. The summed E-state index contributed by atoms with van der Waals surface area (Å²) in [6.45, 7) is 6.23. The lowest BCUT2D eigenvalue weighted by molar-refractivity contribution is 1.36. The van der Waals surface area contributed by atoms with Crippen molar-refractivity contribution in [2.75, 3.05) is 11.1 Å². The number of nitrogens with two attached hydrogens (primary N) is 1. The first kappa shape index (κ1) is 11.5. The summed E-state index contributed by atoms with van der Waals surface area (Å²) in [7, 11) is 0. The van der Waals surface area contributed by atoms with Crippen molar-refractivity contribution in [1.82, 2.24) is 0 Å². The van der Waals surface area contributed by atoms with Gasteiger partial charge >= 0.3 is 0 Å². The molecule has 0 bridgehead atoms. The van der Waals surface area contributed by atoms with Crippen molar-refractivity contribution < 1.29 is 0 Å². The maximum Gasteiger partial charge on any atom is 0.0434 e. The number of benzene rings is 2. The molecule has 2 aromatic carbocycles. The molecule has 0 spiro atoms. The molecule has 0 amide bonds. The van der Waals surface area contributed by atoms with Gasteiger partial charge in [0.1, 0.15) is 0 Å². The number of hydrogen-bond acceptors (Lipinski definition) is 2. The van der Waals surface area contributed by atoms with E-state index in [2.05, 4.69) is 37.4 Å². The lowest BCUT2D eigenvalue weighted by Crippen LogP contribution is -1.98. The van der Waals surface area contributed by atoms with Gasteiger partial charge in [0.25, 0.3) is 0 Å². The molecule has 88 valence electrons. The number of aryl methyl sites for hydroxylation is 2. The molecular weight excluding hydrogens is 208 g/mol. The van der Waals surface area contributed by atoms with Crippen molar-refractivity contribution in [2.24, 2.45) is 0 Å². The van der Waals surface area contributed by atoms with Crippen molar-refractivity contribution in [1.29, 1.82) is 0 Å². The monoisotopic (exact) mass is 226 g/mol. The van der Waals surface area contributed by atoms with Crippen LogP contribution in [-0.4, -0.2) is 0 Å². The maximum atomic E-state index is 5.90. The standard InChI is InChI=1S/C15H18N2/c1-10-7-8-11(2)15(9-10)17-14-6-4-5-13(16)12(14)3/h4-9,17H,16H2,1-3H3. The minimum absolute atomic E-state index is 0.820. The van der Waals surface area contributed by atoms with Crippen LogP contribution in [0.3, 0.4) is 0 Å². The van der Waals surface area contributed by atoms with Crippen LogP contribution in [0.15, 0.2) is 36.4 Å². The number of hydrogen-bond donors (Lipinski definition) is 2. The Labute approximate surface area is 102 Å². The molecule has 0 aliphatic rings. The maximum absolute atomic E-state index is 5.90. The van der Waals surface area contributed by atoms with Gasteiger partial charge in [-0.25, -0.2) is 0 Å². The van der Waals surface area contributed by atoms with E-state index in [4.69, 9.17) is 5.73 Å². The molecule has 0 saturated heterocycles. The van der Waals surface area contributed by atoms with Gasteiger partial charge in [0, 0.05) is 17.1 Å². The van der Waals surface area contributed by atoms with E-state index in [0.29, 0.717) is 0 Å². The van der Waals surface area contributed by atoms with E-state index in [1.54, 1.807) is 0 Å². The molecule has 2 nitrogen and oxygen atoms in total. The first-order valence-corrected chi connectivity index (χ1v) is 5.77. The van der Waals surface area contributed by atoms with Crippen LogP contribution < -0.4 is 11.1 Å². The Morgan fingerprint density at radius 3 is 2.47 bits per heavy atom. The third kappa shape index (κ3) is 2.41. The third-order valence-corrected chi connectivity index (χ3v) is 3.04. The van der Waals surface area contributed by atoms with Crippen LogP contribution in [-0.2, 0) is 0 Å². The molecule has 17 heavy (non-hydrogen) atoms. The minimum atomic E-state index is 0.820. The number of nitrogen functional groups attached to an aromatic ring is 1. The molecule has 0 radical (unpaired) electrons. The fraction of sp³-hybridized carbons (Fsp3) is 0.200. The van der Waals surface area contributed by atoms with Gasteiger partial charge in [-0.2, -0.15) is 0 Å². The molecule has 0 aliphatic carbocycles. The number of rotatable bonds is 2. The Bertz CT molecular complexity index is 545. The molecule has 2 aromatic rings. The second-order valence-electron chi connectivity index (χ2n) is 4.46. The molecule has 0 saturated carbocycles. The summed E-state index contributed by atoms with van der Waals surface area (Å²) in [6.07, 6.45) is 0. The molecule has 2 heteroatoms. The summed E-state index contributed by atoms with van der Waals surface area (Å²) in [5.41, 5.74) is 12.5. The van der Waals surface area contributed by atoms with E-state index in [0.717, 1.165) is 22.6 Å². The molecule has 3 N–H and O–H groups in total. The van der Waals surface area contributed by atoms with Crippen LogP contribution in [0.4, 0.5) is 17.1 Å². The highest BCUT2D eigenvalue weighted by atomic mass is 14.9. The molecule has 0 fully saturated rings. The normalized spacial score (nSPS) is 10.3. The van der Waals surface area contributed by atoms with Crippen molar-refractivity contribution in [2.45, 2.75) is 20.8 Å². The molecule has 2 rings (SSSR count). The first-order valence-electron chi connectivity index (χ1n) is 5.77. The van der Waals surface area contributed by atoms with Crippen molar-refractivity contribution >= 4 is 17.1 Å². The predicted octanol–water partition coefficient (Wildman–Crippen LogP) is 3.94. The third-order valence-electron chi connectivity index (χ3n) is 3.04. The second kappa shape index (κ2) is 4.50. The van der Waals surface area contributed by atoms with Crippen LogP contribution >= 0.6 is 0 Å². The average molecular weight is 226 g/mol. The zero-order valence-corrected chi connectivity index (χ0v) is 10.5. The highest BCUT2D eigenvalue weighted by Crippen LogP contribution is 2.26. The fourth-order valence-corrected chi connectivity index (χ4v) is 1.80. The van der Waals surface area contributed by atoms with Gasteiger partial charge in [0.2, 0.25) is 0 Å². The molecule has 0 heterocycles. The van der Waals surface area contributed by atoms with E-state index in [1.165, 1.54) is 11.1 Å². The van der Waals surface area contributed by atoms with Gasteiger partial charge in [-0.1, -0.05) is 18.2 Å². The van der Waals surface area contributed by atoms with Gasteiger partial charge in [-0.3, -0.25) is 0 Å². The van der Waals surface area contributed by atoms with Crippen molar-refractivity contribution in [3.8, 4) is 0 Å². The van der Waals surface area contributed by atoms with Crippen LogP contribution in [0.1, 0.15) is 16.7 Å². The minimum Gasteiger partial charge on any atom is -0.398 e. The van der Waals surface area contributed by atoms with Crippen LogP contribution in [0.5, 0.6) is 0 Å². The largest absolute Gasteiger partial charge is 0.398 e. The van der Waals surface area contributed by atoms with Gasteiger partial charge in [-0.15, -0.1) is 0 Å². The lowest BCUT2D eigenvalue weighted by atomic mass is 10.1.